The van der Waals surface area contributed by atoms with Crippen LogP contribution in [0.25, 0.3) is 0 Å². The summed E-state index contributed by atoms with van der Waals surface area (Å²) in [7, 11) is 1.67. The van der Waals surface area contributed by atoms with E-state index in [1.54, 1.807) is 19.3 Å². The summed E-state index contributed by atoms with van der Waals surface area (Å²) in [6, 6.07) is 4.82. The van der Waals surface area contributed by atoms with E-state index in [0.29, 0.717) is 17.0 Å². The van der Waals surface area contributed by atoms with E-state index < -0.39 is 5.82 Å². The highest BCUT2D eigenvalue weighted by atomic mass is 19.1. The Morgan fingerprint density at radius 1 is 1.06 bits per heavy atom. The van der Waals surface area contributed by atoms with E-state index in [-0.39, 0.29) is 17.0 Å². The van der Waals surface area contributed by atoms with Crippen molar-refractivity contribution in [1.29, 1.82) is 0 Å². The van der Waals surface area contributed by atoms with Gasteiger partial charge in [0.15, 0.2) is 11.6 Å². The molecule has 1 saturated heterocycles. The monoisotopic (exact) mass is 490 g/mol. The number of nitrogens with zero attached hydrogens (tertiary/aromatic N) is 7. The maximum atomic E-state index is 14.6. The Morgan fingerprint density at radius 3 is 2.47 bits per heavy atom. The van der Waals surface area contributed by atoms with Gasteiger partial charge in [-0.05, 0) is 39.7 Å². The highest BCUT2D eigenvalue weighted by molar-refractivity contribution is 6.15. The number of hydrogen-bond acceptors (Lipinski definition) is 9. The molecule has 36 heavy (non-hydrogen) atoms. The molecule has 3 aromatic rings. The molecular weight excluding hydrogens is 459 g/mol. The zero-order valence-corrected chi connectivity index (χ0v) is 21.1. The number of halogens is 1. The van der Waals surface area contributed by atoms with Crippen LogP contribution in [0.2, 0.25) is 0 Å². The summed E-state index contributed by atoms with van der Waals surface area (Å²) in [6.07, 6.45) is 5.12. The number of aromatic nitrogens is 4. The zero-order chi connectivity index (χ0) is 25.4. The molecule has 0 atom stereocenters. The van der Waals surface area contributed by atoms with Gasteiger partial charge < -0.3 is 20.3 Å². The van der Waals surface area contributed by atoms with Crippen molar-refractivity contribution in [3.05, 3.63) is 59.2 Å². The minimum atomic E-state index is -0.477. The number of ether oxygens (including phenoxy) is 1. The fourth-order valence-electron chi connectivity index (χ4n) is 4.39. The van der Waals surface area contributed by atoms with Crippen LogP contribution in [-0.4, -0.2) is 64.5 Å². The zero-order valence-electron chi connectivity index (χ0n) is 21.1. The standard InChI is InChI=1S/C26H31FN8O/c1-16-14-30-17(2)25(33-16)35-9-7-34(8-10-35)23-13-21(31-15-32-23)24(29-4)18-11-22(19(27)12-20(18)28)36-26(3)5-6-26/h11-15H,5-10,28H2,1-4H3. The molecule has 2 N–H and O–H groups in total. The molecule has 0 radical (unpaired) electrons. The van der Waals surface area contributed by atoms with Crippen LogP contribution in [0, 0.1) is 19.7 Å². The molecule has 0 spiro atoms. The first-order chi connectivity index (χ1) is 17.3. The number of anilines is 3. The molecule has 0 amide bonds. The van der Waals surface area contributed by atoms with Crippen LogP contribution in [0.5, 0.6) is 5.75 Å². The Labute approximate surface area is 210 Å². The third-order valence-corrected chi connectivity index (χ3v) is 6.74. The second kappa shape index (κ2) is 9.33. The molecule has 1 aliphatic heterocycles. The van der Waals surface area contributed by atoms with Crippen LogP contribution in [0.1, 0.15) is 42.4 Å². The second-order valence-corrected chi connectivity index (χ2v) is 9.65. The molecule has 2 aliphatic rings. The second-order valence-electron chi connectivity index (χ2n) is 9.65. The van der Waals surface area contributed by atoms with Crippen molar-refractivity contribution in [1.82, 2.24) is 19.9 Å². The van der Waals surface area contributed by atoms with Gasteiger partial charge in [0.2, 0.25) is 0 Å². The Hall–Kier alpha value is -3.82. The summed E-state index contributed by atoms with van der Waals surface area (Å²) in [5, 5.41) is 0. The summed E-state index contributed by atoms with van der Waals surface area (Å²) < 4.78 is 20.5. The average molecular weight is 491 g/mol. The van der Waals surface area contributed by atoms with Gasteiger partial charge >= 0.3 is 0 Å². The molecule has 0 bridgehead atoms. The Morgan fingerprint density at radius 2 is 1.78 bits per heavy atom. The van der Waals surface area contributed by atoms with Gasteiger partial charge in [0.25, 0.3) is 0 Å². The van der Waals surface area contributed by atoms with Gasteiger partial charge in [-0.3, -0.25) is 9.98 Å². The van der Waals surface area contributed by atoms with Crippen molar-refractivity contribution in [3.63, 3.8) is 0 Å². The van der Waals surface area contributed by atoms with Crippen LogP contribution in [-0.2, 0) is 0 Å². The van der Waals surface area contributed by atoms with E-state index in [1.807, 2.05) is 26.8 Å². The fourth-order valence-corrected chi connectivity index (χ4v) is 4.39. The molecule has 1 saturated carbocycles. The number of nitrogen functional groups attached to an aromatic ring is 1. The lowest BCUT2D eigenvalue weighted by atomic mass is 10.0. The maximum absolute atomic E-state index is 14.6. The average Bonchev–Trinajstić information content (AvgIpc) is 3.60. The Kier molecular flexibility index (Phi) is 6.19. The summed E-state index contributed by atoms with van der Waals surface area (Å²) in [4.78, 5) is 27.0. The fraction of sp³-hybridized carbons (Fsp3) is 0.423. The third-order valence-electron chi connectivity index (χ3n) is 6.74. The minimum absolute atomic E-state index is 0.181. The van der Waals surface area contributed by atoms with E-state index in [2.05, 4.69) is 34.7 Å². The molecule has 2 fully saturated rings. The topological polar surface area (TPSA) is 106 Å². The maximum Gasteiger partial charge on any atom is 0.167 e. The third kappa shape index (κ3) is 4.80. The molecule has 9 nitrogen and oxygen atoms in total. The predicted molar refractivity (Wildman–Crippen MR) is 139 cm³/mol. The molecule has 1 aromatic carbocycles. The molecule has 10 heteroatoms. The Balaban J connectivity index is 1.36. The van der Waals surface area contributed by atoms with Gasteiger partial charge in [-0.1, -0.05) is 0 Å². The number of hydrogen-bond donors (Lipinski definition) is 1. The molecular formula is C26H31FN8O. The molecule has 1 aliphatic carbocycles. The van der Waals surface area contributed by atoms with Crippen molar-refractivity contribution >= 4 is 23.0 Å². The summed E-state index contributed by atoms with van der Waals surface area (Å²) in [5.74, 6) is 1.44. The predicted octanol–water partition coefficient (Wildman–Crippen LogP) is 3.33. The van der Waals surface area contributed by atoms with Gasteiger partial charge in [0, 0.05) is 62.8 Å². The number of nitrogens with two attached hydrogens (primary N) is 1. The first-order valence-electron chi connectivity index (χ1n) is 12.1. The van der Waals surface area contributed by atoms with Crippen molar-refractivity contribution in [3.8, 4) is 5.75 Å². The molecule has 3 heterocycles. The van der Waals surface area contributed by atoms with Crippen LogP contribution >= 0.6 is 0 Å². The number of aliphatic imine (C=N–C) groups is 1. The Bertz CT molecular complexity index is 1320. The molecule has 2 aromatic heterocycles. The van der Waals surface area contributed by atoms with Crippen LogP contribution in [0.15, 0.2) is 35.7 Å². The van der Waals surface area contributed by atoms with E-state index >= 15 is 0 Å². The van der Waals surface area contributed by atoms with E-state index in [1.165, 1.54) is 12.4 Å². The first-order valence-corrected chi connectivity index (χ1v) is 12.1. The van der Waals surface area contributed by atoms with Crippen molar-refractivity contribution < 1.29 is 9.13 Å². The van der Waals surface area contributed by atoms with Gasteiger partial charge in [-0.25, -0.2) is 19.3 Å². The summed E-state index contributed by atoms with van der Waals surface area (Å²) in [6.45, 7) is 9.07. The SMILES string of the molecule is CN=C(c1cc(N2CCN(c3nc(C)cnc3C)CC2)ncn1)c1cc(OC2(C)CC2)c(F)cc1N. The van der Waals surface area contributed by atoms with E-state index in [4.69, 9.17) is 10.5 Å². The normalized spacial score (nSPS) is 17.3. The number of benzene rings is 1. The summed E-state index contributed by atoms with van der Waals surface area (Å²) in [5.41, 5.74) is 9.78. The molecule has 5 rings (SSSR count). The van der Waals surface area contributed by atoms with E-state index in [0.717, 1.165) is 62.0 Å². The van der Waals surface area contributed by atoms with Gasteiger partial charge in [-0.15, -0.1) is 0 Å². The quantitative estimate of drug-likeness (QED) is 0.414. The number of aryl methyl sites for hydroxylation is 2. The largest absolute Gasteiger partial charge is 0.484 e. The van der Waals surface area contributed by atoms with Crippen LogP contribution < -0.4 is 20.3 Å². The van der Waals surface area contributed by atoms with Crippen molar-refractivity contribution in [2.45, 2.75) is 39.2 Å². The highest BCUT2D eigenvalue weighted by Crippen LogP contribution is 2.41. The smallest absolute Gasteiger partial charge is 0.167 e. The van der Waals surface area contributed by atoms with E-state index in [9.17, 15) is 4.39 Å². The lowest BCUT2D eigenvalue weighted by Gasteiger charge is -2.36. The lowest BCUT2D eigenvalue weighted by molar-refractivity contribution is 0.191. The highest BCUT2D eigenvalue weighted by Gasteiger charge is 2.40. The lowest BCUT2D eigenvalue weighted by Crippen LogP contribution is -2.47. The first kappa shape index (κ1) is 23.9. The van der Waals surface area contributed by atoms with Crippen molar-refractivity contribution in [2.24, 2.45) is 4.99 Å². The van der Waals surface area contributed by atoms with Gasteiger partial charge in [0.1, 0.15) is 23.6 Å². The number of piperazine rings is 1. The van der Waals surface area contributed by atoms with Gasteiger partial charge in [0.05, 0.1) is 22.8 Å². The molecule has 0 unspecified atom stereocenters. The van der Waals surface area contributed by atoms with Crippen LogP contribution in [0.3, 0.4) is 0 Å². The summed E-state index contributed by atoms with van der Waals surface area (Å²) >= 11 is 0. The molecule has 188 valence electrons. The van der Waals surface area contributed by atoms with Gasteiger partial charge in [-0.2, -0.15) is 0 Å². The minimum Gasteiger partial charge on any atom is -0.484 e. The number of rotatable bonds is 6. The van der Waals surface area contributed by atoms with Crippen molar-refractivity contribution in [2.75, 3.05) is 48.8 Å². The van der Waals surface area contributed by atoms with Crippen LogP contribution in [0.4, 0.5) is 21.7 Å².